The first-order chi connectivity index (χ1) is 16.8. The summed E-state index contributed by atoms with van der Waals surface area (Å²) in [7, 11) is -1.07. The molecule has 5 nitrogen and oxygen atoms in total. The summed E-state index contributed by atoms with van der Waals surface area (Å²) in [5.41, 5.74) is 1.42. The lowest BCUT2D eigenvalue weighted by Crippen LogP contribution is -2.46. The maximum Gasteiger partial charge on any atom is 0.0463 e. The van der Waals surface area contributed by atoms with Crippen molar-refractivity contribution in [2.24, 2.45) is 4.99 Å². The third-order valence-corrected chi connectivity index (χ3v) is 13.5. The average molecular weight is 560 g/mol. The molecule has 0 spiro atoms. The second-order valence-corrected chi connectivity index (χ2v) is 17.1. The molecule has 0 bridgehead atoms. The van der Waals surface area contributed by atoms with Gasteiger partial charge in [-0.2, -0.15) is 0 Å². The highest BCUT2D eigenvalue weighted by molar-refractivity contribution is 7.56. The Morgan fingerprint density at radius 1 is 0.405 bits per heavy atom. The smallest absolute Gasteiger partial charge is 0.0463 e. The van der Waals surface area contributed by atoms with E-state index in [-0.39, 0.29) is 0 Å². The highest BCUT2D eigenvalue weighted by atomic mass is 31.1. The van der Waals surface area contributed by atoms with Gasteiger partial charge in [-0.3, -0.25) is 23.7 Å². The fraction of sp³-hybridized carbons (Fsp3) is 0.967. The molecule has 7 heteroatoms. The van der Waals surface area contributed by atoms with Gasteiger partial charge in [0.25, 0.3) is 0 Å². The zero-order valence-electron chi connectivity index (χ0n) is 28.2. The molecular formula is C30H67N5P2. The van der Waals surface area contributed by atoms with Crippen molar-refractivity contribution in [1.29, 1.82) is 0 Å². The van der Waals surface area contributed by atoms with Gasteiger partial charge in [-0.25, -0.2) is 0 Å². The van der Waals surface area contributed by atoms with Gasteiger partial charge >= 0.3 is 0 Å². The molecule has 0 fully saturated rings. The number of hydrogen-bond acceptors (Lipinski definition) is 5. The van der Waals surface area contributed by atoms with E-state index in [0.717, 1.165) is 12.3 Å². The van der Waals surface area contributed by atoms with Crippen molar-refractivity contribution < 1.29 is 0 Å². The van der Waals surface area contributed by atoms with Crippen LogP contribution in [0.2, 0.25) is 0 Å². The van der Waals surface area contributed by atoms with Crippen LogP contribution in [-0.4, -0.2) is 91.1 Å². The first kappa shape index (κ1) is 37.4. The van der Waals surface area contributed by atoms with Gasteiger partial charge in [-0.15, -0.1) is 0 Å². The molecule has 0 N–H and O–H groups in total. The third-order valence-electron chi connectivity index (χ3n) is 6.39. The SMILES string of the molecule is CC(C)N=C(CP(N(C(C)C)C(C)C)N(C(C)C)C(C)C)CP(N(C(C)C)C(C)C)N(C(C)C)C(C)C. The lowest BCUT2D eigenvalue weighted by atomic mass is 10.3. The largest absolute Gasteiger partial charge is 0.290 e. The molecule has 0 saturated heterocycles. The normalized spacial score (nSPS) is 13.8. The minimum atomic E-state index is -0.537. The molecule has 0 aromatic heterocycles. The van der Waals surface area contributed by atoms with Crippen molar-refractivity contribution in [2.45, 2.75) is 179 Å². The minimum absolute atomic E-state index is 0.305. The van der Waals surface area contributed by atoms with Crippen molar-refractivity contribution in [2.75, 3.05) is 12.3 Å². The fourth-order valence-electron chi connectivity index (χ4n) is 5.91. The van der Waals surface area contributed by atoms with Crippen molar-refractivity contribution in [3.05, 3.63) is 0 Å². The Kier molecular flexibility index (Phi) is 17.4. The second-order valence-electron chi connectivity index (χ2n) is 13.1. The Balaban J connectivity index is 6.90. The van der Waals surface area contributed by atoms with E-state index in [0.29, 0.717) is 54.4 Å². The van der Waals surface area contributed by atoms with Crippen LogP contribution in [0.3, 0.4) is 0 Å². The topological polar surface area (TPSA) is 25.3 Å². The maximum absolute atomic E-state index is 5.40. The van der Waals surface area contributed by atoms with Crippen LogP contribution in [-0.2, 0) is 0 Å². The summed E-state index contributed by atoms with van der Waals surface area (Å²) in [6.07, 6.45) is 2.13. The summed E-state index contributed by atoms with van der Waals surface area (Å²) < 4.78 is 11.2. The average Bonchev–Trinajstić information content (AvgIpc) is 2.64. The van der Waals surface area contributed by atoms with E-state index >= 15 is 0 Å². The Morgan fingerprint density at radius 2 is 0.595 bits per heavy atom. The highest BCUT2D eigenvalue weighted by Gasteiger charge is 2.37. The van der Waals surface area contributed by atoms with Gasteiger partial charge in [0.2, 0.25) is 0 Å². The van der Waals surface area contributed by atoms with E-state index in [2.05, 4.69) is 143 Å². The van der Waals surface area contributed by atoms with E-state index in [1.54, 1.807) is 0 Å². The Morgan fingerprint density at radius 3 is 0.730 bits per heavy atom. The van der Waals surface area contributed by atoms with Crippen LogP contribution < -0.4 is 0 Å². The van der Waals surface area contributed by atoms with Crippen LogP contribution >= 0.6 is 16.4 Å². The number of rotatable bonds is 17. The van der Waals surface area contributed by atoms with E-state index in [4.69, 9.17) is 4.99 Å². The van der Waals surface area contributed by atoms with Gasteiger partial charge in [0, 0.05) is 88.9 Å². The first-order valence-corrected chi connectivity index (χ1v) is 17.9. The van der Waals surface area contributed by atoms with E-state index in [1.807, 2.05) is 0 Å². The molecule has 0 aliphatic carbocycles. The summed E-state index contributed by atoms with van der Waals surface area (Å²) in [6.45, 7) is 42.5. The van der Waals surface area contributed by atoms with Crippen LogP contribution in [0.15, 0.2) is 4.99 Å². The second kappa shape index (κ2) is 17.2. The van der Waals surface area contributed by atoms with Gasteiger partial charge < -0.3 is 0 Å². The highest BCUT2D eigenvalue weighted by Crippen LogP contribution is 2.53. The van der Waals surface area contributed by atoms with Crippen molar-refractivity contribution >= 4 is 22.2 Å². The molecule has 0 unspecified atom stereocenters. The summed E-state index contributed by atoms with van der Waals surface area (Å²) in [5.74, 6) is 0. The lowest BCUT2D eigenvalue weighted by molar-refractivity contribution is 0.257. The number of nitrogens with zero attached hydrogens (tertiary/aromatic N) is 5. The van der Waals surface area contributed by atoms with Gasteiger partial charge in [-0.1, -0.05) is 0 Å². The summed E-state index contributed by atoms with van der Waals surface area (Å²) in [6, 6.07) is 4.29. The molecule has 0 aromatic rings. The van der Waals surface area contributed by atoms with Crippen LogP contribution in [0.25, 0.3) is 0 Å². The van der Waals surface area contributed by atoms with Gasteiger partial charge in [0.05, 0.1) is 0 Å². The molecule has 0 saturated carbocycles. The Hall–Kier alpha value is 0.370. The van der Waals surface area contributed by atoms with Crippen molar-refractivity contribution in [3.8, 4) is 0 Å². The quantitative estimate of drug-likeness (QED) is 0.131. The molecular weight excluding hydrogens is 492 g/mol. The molecule has 37 heavy (non-hydrogen) atoms. The van der Waals surface area contributed by atoms with Crippen molar-refractivity contribution in [3.63, 3.8) is 0 Å². The number of hydrogen-bond donors (Lipinski definition) is 0. The molecule has 222 valence electrons. The standard InChI is InChI=1S/C30H67N5P2/c1-21(2)31-30(19-36(32(22(3)4)23(5)6)33(24(7)8)25(9)10)20-37(34(26(11)12)27(13)14)35(28(15)16)29(17)18/h21-29H,19-20H2,1-18H3. The van der Waals surface area contributed by atoms with Crippen molar-refractivity contribution in [1.82, 2.24) is 18.7 Å². The van der Waals surface area contributed by atoms with Gasteiger partial charge in [0.15, 0.2) is 0 Å². The van der Waals surface area contributed by atoms with E-state index in [9.17, 15) is 0 Å². The molecule has 0 amide bonds. The lowest BCUT2D eigenvalue weighted by Gasteiger charge is -2.49. The van der Waals surface area contributed by atoms with Crippen LogP contribution in [0.5, 0.6) is 0 Å². The predicted octanol–water partition coefficient (Wildman–Crippen LogP) is 8.93. The van der Waals surface area contributed by atoms with E-state index in [1.165, 1.54) is 5.71 Å². The summed E-state index contributed by atoms with van der Waals surface area (Å²) in [4.78, 5) is 5.40. The van der Waals surface area contributed by atoms with Gasteiger partial charge in [0.1, 0.15) is 0 Å². The summed E-state index contributed by atoms with van der Waals surface area (Å²) in [5, 5.41) is 0. The zero-order valence-corrected chi connectivity index (χ0v) is 30.0. The molecule has 0 radical (unpaired) electrons. The minimum Gasteiger partial charge on any atom is -0.290 e. The Labute approximate surface area is 236 Å². The van der Waals surface area contributed by atoms with Crippen LogP contribution in [0.4, 0.5) is 0 Å². The predicted molar refractivity (Wildman–Crippen MR) is 175 cm³/mol. The molecule has 0 aliphatic heterocycles. The monoisotopic (exact) mass is 559 g/mol. The van der Waals surface area contributed by atoms with Gasteiger partial charge in [-0.05, 0) is 125 Å². The zero-order chi connectivity index (χ0) is 29.4. The first-order valence-electron chi connectivity index (χ1n) is 15.1. The van der Waals surface area contributed by atoms with Crippen LogP contribution in [0.1, 0.15) is 125 Å². The third kappa shape index (κ3) is 11.8. The molecule has 0 aliphatic rings. The molecule has 0 heterocycles. The molecule has 0 rings (SSSR count). The maximum atomic E-state index is 5.40. The molecule has 0 aromatic carbocycles. The summed E-state index contributed by atoms with van der Waals surface area (Å²) >= 11 is 0. The number of aliphatic imine (C=N–C) groups is 1. The fourth-order valence-corrected chi connectivity index (χ4v) is 12.5. The van der Waals surface area contributed by atoms with E-state index < -0.39 is 16.4 Å². The molecule has 0 atom stereocenters. The van der Waals surface area contributed by atoms with Crippen LogP contribution in [0, 0.1) is 0 Å². The Bertz CT molecular complexity index is 524.